The van der Waals surface area contributed by atoms with Gasteiger partial charge in [-0.1, -0.05) is 0 Å². The fourth-order valence-electron chi connectivity index (χ4n) is 3.37. The molecule has 3 rings (SSSR count). The lowest BCUT2D eigenvalue weighted by molar-refractivity contribution is 0.0350. The fourth-order valence-corrected chi connectivity index (χ4v) is 3.37. The fraction of sp³-hybridized carbons (Fsp3) is 0.647. The number of anilines is 1. The molecule has 23 heavy (non-hydrogen) atoms. The molecule has 0 unspecified atom stereocenters. The number of piperidine rings is 1. The topological polar surface area (TPSA) is 57.7 Å². The summed E-state index contributed by atoms with van der Waals surface area (Å²) < 4.78 is 5.37. The Labute approximate surface area is 137 Å². The Hall–Kier alpha value is -1.66. The smallest absolute Gasteiger partial charge is 0.255 e. The second-order valence-electron chi connectivity index (χ2n) is 6.33. The molecule has 0 aliphatic carbocycles. The molecule has 1 amide bonds. The van der Waals surface area contributed by atoms with E-state index in [2.05, 4.69) is 15.2 Å². The molecule has 0 aromatic carbocycles. The maximum Gasteiger partial charge on any atom is 0.255 e. The summed E-state index contributed by atoms with van der Waals surface area (Å²) in [5, 5.41) is 3.34. The van der Waals surface area contributed by atoms with Crippen LogP contribution in [0.25, 0.3) is 0 Å². The summed E-state index contributed by atoms with van der Waals surface area (Å²) in [6, 6.07) is 1.98. The van der Waals surface area contributed by atoms with E-state index in [1.165, 1.54) is 0 Å². The van der Waals surface area contributed by atoms with E-state index in [1.807, 2.05) is 17.9 Å². The maximum absolute atomic E-state index is 12.7. The van der Waals surface area contributed by atoms with Crippen molar-refractivity contribution in [2.45, 2.75) is 25.9 Å². The van der Waals surface area contributed by atoms with Gasteiger partial charge in [0.1, 0.15) is 5.82 Å². The first-order chi connectivity index (χ1) is 11.2. The summed E-state index contributed by atoms with van der Waals surface area (Å²) in [5.74, 6) is 1.09. The summed E-state index contributed by atoms with van der Waals surface area (Å²) in [6.07, 6.45) is 3.84. The summed E-state index contributed by atoms with van der Waals surface area (Å²) in [5.41, 5.74) is 1.77. The normalized spacial score (nSPS) is 19.9. The van der Waals surface area contributed by atoms with Crippen LogP contribution in [0.15, 0.2) is 12.3 Å². The molecule has 3 heterocycles. The number of piperazine rings is 1. The van der Waals surface area contributed by atoms with Gasteiger partial charge in [-0.25, -0.2) is 4.98 Å². The van der Waals surface area contributed by atoms with Crippen molar-refractivity contribution in [1.29, 1.82) is 0 Å². The average molecular weight is 318 g/mol. The van der Waals surface area contributed by atoms with E-state index in [4.69, 9.17) is 4.74 Å². The van der Waals surface area contributed by atoms with Crippen molar-refractivity contribution in [2.75, 3.05) is 51.3 Å². The van der Waals surface area contributed by atoms with Gasteiger partial charge in [-0.3, -0.25) is 4.79 Å². The molecule has 2 aliphatic rings. The van der Waals surface area contributed by atoms with Crippen LogP contribution < -0.4 is 10.2 Å². The minimum Gasteiger partial charge on any atom is -0.381 e. The van der Waals surface area contributed by atoms with Gasteiger partial charge in [0, 0.05) is 52.6 Å². The molecule has 2 saturated heterocycles. The Morgan fingerprint density at radius 3 is 2.57 bits per heavy atom. The van der Waals surface area contributed by atoms with Crippen molar-refractivity contribution in [3.63, 3.8) is 0 Å². The lowest BCUT2D eigenvalue weighted by Gasteiger charge is -2.32. The number of amides is 1. The van der Waals surface area contributed by atoms with Crippen LogP contribution in [-0.4, -0.2) is 68.3 Å². The number of hydrogen-bond acceptors (Lipinski definition) is 5. The van der Waals surface area contributed by atoms with Gasteiger partial charge in [-0.05, 0) is 31.4 Å². The van der Waals surface area contributed by atoms with E-state index in [1.54, 1.807) is 13.3 Å². The van der Waals surface area contributed by atoms with Crippen LogP contribution in [0, 0.1) is 6.92 Å². The number of carbonyl (C=O) groups is 1. The monoisotopic (exact) mass is 318 g/mol. The number of aryl methyl sites for hydroxylation is 1. The second-order valence-corrected chi connectivity index (χ2v) is 6.33. The lowest BCUT2D eigenvalue weighted by Crippen LogP contribution is -2.44. The van der Waals surface area contributed by atoms with Crippen molar-refractivity contribution < 1.29 is 9.53 Å². The van der Waals surface area contributed by atoms with E-state index in [-0.39, 0.29) is 12.0 Å². The highest BCUT2D eigenvalue weighted by Crippen LogP contribution is 2.21. The van der Waals surface area contributed by atoms with E-state index in [0.29, 0.717) is 5.56 Å². The van der Waals surface area contributed by atoms with Crippen LogP contribution in [0.2, 0.25) is 0 Å². The molecule has 1 aromatic rings. The minimum absolute atomic E-state index is 0.0852. The number of ether oxygens (including phenoxy) is 1. The van der Waals surface area contributed by atoms with Gasteiger partial charge >= 0.3 is 0 Å². The zero-order valence-electron chi connectivity index (χ0n) is 14.0. The first kappa shape index (κ1) is 16.2. The number of nitrogens with zero attached hydrogens (tertiary/aromatic N) is 3. The van der Waals surface area contributed by atoms with Gasteiger partial charge in [0.2, 0.25) is 0 Å². The van der Waals surface area contributed by atoms with Crippen LogP contribution in [0.3, 0.4) is 0 Å². The molecular formula is C17H26N4O2. The Morgan fingerprint density at radius 2 is 1.96 bits per heavy atom. The molecule has 0 saturated carbocycles. The standard InChI is InChI=1S/C17H26N4O2/c1-13-11-14(12-19-16(13)20-9-5-18-6-10-20)17(22)21-7-3-15(23-2)4-8-21/h11-12,15,18H,3-10H2,1-2H3. The van der Waals surface area contributed by atoms with Crippen molar-refractivity contribution in [1.82, 2.24) is 15.2 Å². The number of pyridine rings is 1. The summed E-state index contributed by atoms with van der Waals surface area (Å²) in [6.45, 7) is 7.45. The zero-order valence-corrected chi connectivity index (χ0v) is 14.0. The summed E-state index contributed by atoms with van der Waals surface area (Å²) in [4.78, 5) is 21.4. The second kappa shape index (κ2) is 7.27. The molecule has 1 N–H and O–H groups in total. The van der Waals surface area contributed by atoms with Gasteiger partial charge in [0.15, 0.2) is 0 Å². The van der Waals surface area contributed by atoms with Crippen molar-refractivity contribution in [3.05, 3.63) is 23.4 Å². The molecule has 6 heteroatoms. The Balaban J connectivity index is 1.68. The highest BCUT2D eigenvalue weighted by molar-refractivity contribution is 5.94. The third-order valence-corrected chi connectivity index (χ3v) is 4.78. The highest BCUT2D eigenvalue weighted by atomic mass is 16.5. The number of methoxy groups -OCH3 is 1. The molecule has 0 bridgehead atoms. The Bertz CT molecular complexity index is 550. The van der Waals surface area contributed by atoms with Gasteiger partial charge in [-0.15, -0.1) is 0 Å². The number of hydrogen-bond donors (Lipinski definition) is 1. The predicted molar refractivity (Wildman–Crippen MR) is 90.0 cm³/mol. The van der Waals surface area contributed by atoms with Crippen molar-refractivity contribution in [3.8, 4) is 0 Å². The van der Waals surface area contributed by atoms with E-state index < -0.39 is 0 Å². The molecule has 0 radical (unpaired) electrons. The van der Waals surface area contributed by atoms with E-state index in [9.17, 15) is 4.79 Å². The van der Waals surface area contributed by atoms with Crippen LogP contribution in [0.1, 0.15) is 28.8 Å². The third kappa shape index (κ3) is 3.64. The van der Waals surface area contributed by atoms with Gasteiger partial charge < -0.3 is 19.9 Å². The molecular weight excluding hydrogens is 292 g/mol. The first-order valence-electron chi connectivity index (χ1n) is 8.43. The predicted octanol–water partition coefficient (Wildman–Crippen LogP) is 1.05. The quantitative estimate of drug-likeness (QED) is 0.903. The number of rotatable bonds is 3. The highest BCUT2D eigenvalue weighted by Gasteiger charge is 2.24. The number of aromatic nitrogens is 1. The molecule has 126 valence electrons. The van der Waals surface area contributed by atoms with E-state index >= 15 is 0 Å². The molecule has 1 aromatic heterocycles. The van der Waals surface area contributed by atoms with Gasteiger partial charge in [0.05, 0.1) is 11.7 Å². The Kier molecular flexibility index (Phi) is 5.13. The van der Waals surface area contributed by atoms with E-state index in [0.717, 1.165) is 63.5 Å². The van der Waals surface area contributed by atoms with Crippen LogP contribution in [0.4, 0.5) is 5.82 Å². The molecule has 0 spiro atoms. The van der Waals surface area contributed by atoms with Gasteiger partial charge in [-0.2, -0.15) is 0 Å². The largest absolute Gasteiger partial charge is 0.381 e. The molecule has 0 atom stereocenters. The number of nitrogens with one attached hydrogen (secondary N) is 1. The van der Waals surface area contributed by atoms with Crippen LogP contribution >= 0.6 is 0 Å². The summed E-state index contributed by atoms with van der Waals surface area (Å²) in [7, 11) is 1.74. The molecule has 2 fully saturated rings. The first-order valence-corrected chi connectivity index (χ1v) is 8.43. The SMILES string of the molecule is COC1CCN(C(=O)c2cnc(N3CCNCC3)c(C)c2)CC1. The third-order valence-electron chi connectivity index (χ3n) is 4.78. The average Bonchev–Trinajstić information content (AvgIpc) is 2.62. The number of likely N-dealkylation sites (tertiary alicyclic amines) is 1. The van der Waals surface area contributed by atoms with Crippen molar-refractivity contribution >= 4 is 11.7 Å². The van der Waals surface area contributed by atoms with Crippen molar-refractivity contribution in [2.24, 2.45) is 0 Å². The Morgan fingerprint density at radius 1 is 1.26 bits per heavy atom. The molecule has 2 aliphatic heterocycles. The lowest BCUT2D eigenvalue weighted by atomic mass is 10.1. The number of carbonyl (C=O) groups excluding carboxylic acids is 1. The summed E-state index contributed by atoms with van der Waals surface area (Å²) >= 11 is 0. The van der Waals surface area contributed by atoms with Gasteiger partial charge in [0.25, 0.3) is 5.91 Å². The minimum atomic E-state index is 0.0852. The molecule has 6 nitrogen and oxygen atoms in total. The van der Waals surface area contributed by atoms with Crippen LogP contribution in [-0.2, 0) is 4.74 Å². The van der Waals surface area contributed by atoms with Crippen LogP contribution in [0.5, 0.6) is 0 Å². The zero-order chi connectivity index (χ0) is 16.2. The maximum atomic E-state index is 12.7.